The topological polar surface area (TPSA) is 84.2 Å². The Morgan fingerprint density at radius 1 is 0.963 bits per heavy atom. The number of carbonyl (C=O) groups is 2. The van der Waals surface area contributed by atoms with E-state index in [4.69, 9.17) is 4.52 Å². The molecule has 0 radical (unpaired) electrons. The summed E-state index contributed by atoms with van der Waals surface area (Å²) in [4.78, 5) is 23.9. The normalized spacial score (nSPS) is 10.7. The number of aryl methyl sites for hydroxylation is 4. The molecule has 2 aromatic rings. The molecule has 0 aliphatic rings. The third-order valence-corrected chi connectivity index (χ3v) is 5.07. The Morgan fingerprint density at radius 2 is 1.63 bits per heavy atom. The Bertz CT molecular complexity index is 779. The molecule has 2 amide bonds. The number of nitrogens with zero attached hydrogens (tertiary/aromatic N) is 1. The van der Waals surface area contributed by atoms with Crippen molar-refractivity contribution >= 4 is 35.1 Å². The zero-order valence-corrected chi connectivity index (χ0v) is 17.2. The summed E-state index contributed by atoms with van der Waals surface area (Å²) in [5.74, 6) is 2.61. The molecule has 27 heavy (non-hydrogen) atoms. The van der Waals surface area contributed by atoms with Crippen LogP contribution >= 0.6 is 11.8 Å². The lowest BCUT2D eigenvalue weighted by molar-refractivity contribution is -0.116. The van der Waals surface area contributed by atoms with Crippen molar-refractivity contribution in [2.24, 2.45) is 0 Å². The van der Waals surface area contributed by atoms with Crippen molar-refractivity contribution in [3.8, 4) is 0 Å². The molecule has 0 spiro atoms. The van der Waals surface area contributed by atoms with E-state index in [1.807, 2.05) is 13.8 Å². The smallest absolute Gasteiger partial charge is 0.226 e. The summed E-state index contributed by atoms with van der Waals surface area (Å²) in [6.07, 6.45) is 1.67. The van der Waals surface area contributed by atoms with Gasteiger partial charge in [0.25, 0.3) is 0 Å². The summed E-state index contributed by atoms with van der Waals surface area (Å²) in [6.45, 7) is 7.85. The Hall–Kier alpha value is -2.28. The molecule has 1 aromatic carbocycles. The van der Waals surface area contributed by atoms with E-state index in [9.17, 15) is 9.59 Å². The average Bonchev–Trinajstić information content (AvgIpc) is 2.99. The van der Waals surface area contributed by atoms with E-state index in [1.165, 1.54) is 5.56 Å². The lowest BCUT2D eigenvalue weighted by Gasteiger charge is -2.12. The first-order valence-corrected chi connectivity index (χ1v) is 10.2. The highest BCUT2D eigenvalue weighted by Gasteiger charge is 2.09. The lowest BCUT2D eigenvalue weighted by atomic mass is 10.0. The van der Waals surface area contributed by atoms with Gasteiger partial charge in [-0.1, -0.05) is 22.9 Å². The van der Waals surface area contributed by atoms with E-state index in [0.717, 1.165) is 29.0 Å². The predicted octanol–water partition coefficient (Wildman–Crippen LogP) is 4.39. The Labute approximate surface area is 164 Å². The highest BCUT2D eigenvalue weighted by atomic mass is 32.2. The van der Waals surface area contributed by atoms with Crippen molar-refractivity contribution in [1.29, 1.82) is 0 Å². The van der Waals surface area contributed by atoms with Gasteiger partial charge in [-0.3, -0.25) is 9.59 Å². The average molecular weight is 390 g/mol. The van der Waals surface area contributed by atoms with Gasteiger partial charge in [0.05, 0.1) is 0 Å². The fourth-order valence-electron chi connectivity index (χ4n) is 2.81. The second-order valence-corrected chi connectivity index (χ2v) is 7.88. The molecule has 0 saturated heterocycles. The number of carbonyl (C=O) groups excluding carboxylic acids is 2. The standard InChI is InChI=1S/C20H27N3O3S/c1-13-10-14(2)20(15(3)11-13)22-18(24)6-5-8-27-9-7-19(25)21-17-12-16(4)26-23-17/h10-12H,5-9H2,1-4H3,(H,22,24)(H,21,23,25). The second-order valence-electron chi connectivity index (χ2n) is 6.66. The number of hydrogen-bond acceptors (Lipinski definition) is 5. The van der Waals surface area contributed by atoms with E-state index in [1.54, 1.807) is 24.8 Å². The van der Waals surface area contributed by atoms with Gasteiger partial charge in [-0.2, -0.15) is 11.8 Å². The molecule has 1 heterocycles. The third-order valence-electron chi connectivity index (χ3n) is 4.00. The van der Waals surface area contributed by atoms with Gasteiger partial charge in [0.15, 0.2) is 5.82 Å². The number of amides is 2. The van der Waals surface area contributed by atoms with E-state index < -0.39 is 0 Å². The fraction of sp³-hybridized carbons (Fsp3) is 0.450. The second kappa shape index (κ2) is 10.2. The van der Waals surface area contributed by atoms with Gasteiger partial charge in [0, 0.05) is 30.3 Å². The van der Waals surface area contributed by atoms with Gasteiger partial charge < -0.3 is 15.2 Å². The summed E-state index contributed by atoms with van der Waals surface area (Å²) < 4.78 is 4.90. The maximum absolute atomic E-state index is 12.1. The van der Waals surface area contributed by atoms with Gasteiger partial charge in [0.1, 0.15) is 5.76 Å². The molecule has 0 saturated carbocycles. The predicted molar refractivity (Wildman–Crippen MR) is 110 cm³/mol. The maximum Gasteiger partial charge on any atom is 0.226 e. The summed E-state index contributed by atoms with van der Waals surface area (Å²) in [6, 6.07) is 5.83. The molecule has 0 unspecified atom stereocenters. The van der Waals surface area contributed by atoms with Crippen LogP contribution in [0.5, 0.6) is 0 Å². The van der Waals surface area contributed by atoms with E-state index in [2.05, 4.69) is 34.8 Å². The Morgan fingerprint density at radius 3 is 2.26 bits per heavy atom. The number of thioether (sulfide) groups is 1. The molecule has 0 atom stereocenters. The number of hydrogen-bond donors (Lipinski definition) is 2. The first-order valence-electron chi connectivity index (χ1n) is 9.04. The first kappa shape index (κ1) is 21.0. The summed E-state index contributed by atoms with van der Waals surface area (Å²) in [5.41, 5.74) is 4.28. The lowest BCUT2D eigenvalue weighted by Crippen LogP contribution is -2.14. The molecular formula is C20H27N3O3S. The van der Waals surface area contributed by atoms with Gasteiger partial charge >= 0.3 is 0 Å². The minimum atomic E-state index is -0.0844. The van der Waals surface area contributed by atoms with Crippen LogP contribution in [0, 0.1) is 27.7 Å². The van der Waals surface area contributed by atoms with Gasteiger partial charge in [-0.25, -0.2) is 0 Å². The highest BCUT2D eigenvalue weighted by Crippen LogP contribution is 2.22. The molecule has 146 valence electrons. The van der Waals surface area contributed by atoms with Crippen LogP contribution in [-0.4, -0.2) is 28.5 Å². The highest BCUT2D eigenvalue weighted by molar-refractivity contribution is 7.99. The number of nitrogens with one attached hydrogen (secondary N) is 2. The van der Waals surface area contributed by atoms with Crippen LogP contribution in [0.15, 0.2) is 22.7 Å². The van der Waals surface area contributed by atoms with E-state index in [0.29, 0.717) is 30.2 Å². The quantitative estimate of drug-likeness (QED) is 0.622. The van der Waals surface area contributed by atoms with Crippen LogP contribution < -0.4 is 10.6 Å². The van der Waals surface area contributed by atoms with E-state index >= 15 is 0 Å². The van der Waals surface area contributed by atoms with Crippen molar-refractivity contribution in [2.45, 2.75) is 47.0 Å². The Balaban J connectivity index is 1.60. The SMILES string of the molecule is Cc1cc(C)c(NC(=O)CCCSCCC(=O)Nc2cc(C)on2)c(C)c1. The maximum atomic E-state index is 12.1. The number of benzene rings is 1. The number of aromatic nitrogens is 1. The number of rotatable bonds is 9. The largest absolute Gasteiger partial charge is 0.360 e. The molecule has 0 bridgehead atoms. The summed E-state index contributed by atoms with van der Waals surface area (Å²) >= 11 is 1.67. The van der Waals surface area contributed by atoms with Gasteiger partial charge in [-0.15, -0.1) is 0 Å². The van der Waals surface area contributed by atoms with Crippen LogP contribution in [0.25, 0.3) is 0 Å². The van der Waals surface area contributed by atoms with Crippen molar-refractivity contribution in [2.75, 3.05) is 22.1 Å². The van der Waals surface area contributed by atoms with Gasteiger partial charge in [-0.05, 0) is 51.0 Å². The number of anilines is 2. The molecule has 7 heteroatoms. The van der Waals surface area contributed by atoms with Crippen molar-refractivity contribution in [3.05, 3.63) is 40.6 Å². The molecule has 2 N–H and O–H groups in total. The molecule has 1 aromatic heterocycles. The molecule has 6 nitrogen and oxygen atoms in total. The molecular weight excluding hydrogens is 362 g/mol. The zero-order valence-electron chi connectivity index (χ0n) is 16.3. The minimum absolute atomic E-state index is 0.0322. The third kappa shape index (κ3) is 7.09. The minimum Gasteiger partial charge on any atom is -0.360 e. The fourth-order valence-corrected chi connectivity index (χ4v) is 3.69. The van der Waals surface area contributed by atoms with Crippen LogP contribution in [-0.2, 0) is 9.59 Å². The monoisotopic (exact) mass is 389 g/mol. The molecule has 0 fully saturated rings. The molecule has 2 rings (SSSR count). The molecule has 0 aliphatic heterocycles. The van der Waals surface area contributed by atoms with Crippen LogP contribution in [0.2, 0.25) is 0 Å². The molecule has 0 aliphatic carbocycles. The zero-order chi connectivity index (χ0) is 19.8. The van der Waals surface area contributed by atoms with Crippen LogP contribution in [0.4, 0.5) is 11.5 Å². The van der Waals surface area contributed by atoms with E-state index in [-0.39, 0.29) is 11.8 Å². The Kier molecular flexibility index (Phi) is 7.91. The van der Waals surface area contributed by atoms with Gasteiger partial charge in [0.2, 0.25) is 11.8 Å². The first-order chi connectivity index (χ1) is 12.8. The summed E-state index contributed by atoms with van der Waals surface area (Å²) in [5, 5.41) is 9.43. The van der Waals surface area contributed by atoms with Crippen molar-refractivity contribution in [3.63, 3.8) is 0 Å². The summed E-state index contributed by atoms with van der Waals surface area (Å²) in [7, 11) is 0. The van der Waals surface area contributed by atoms with Crippen molar-refractivity contribution < 1.29 is 14.1 Å². The van der Waals surface area contributed by atoms with Crippen molar-refractivity contribution in [1.82, 2.24) is 5.16 Å². The van der Waals surface area contributed by atoms with Crippen LogP contribution in [0.3, 0.4) is 0 Å². The van der Waals surface area contributed by atoms with Crippen LogP contribution in [0.1, 0.15) is 41.7 Å².